The molecule has 1 aliphatic heterocycles. The third kappa shape index (κ3) is 4.28. The number of carbonyl (C=O) groups is 1. The van der Waals surface area contributed by atoms with Crippen molar-refractivity contribution in [1.29, 1.82) is 0 Å². The van der Waals surface area contributed by atoms with Crippen LogP contribution >= 0.6 is 0 Å². The molecule has 1 aromatic heterocycles. The number of piperidine rings is 1. The van der Waals surface area contributed by atoms with Gasteiger partial charge >= 0.3 is 0 Å². The van der Waals surface area contributed by atoms with Crippen molar-refractivity contribution in [2.75, 3.05) is 26.2 Å². The number of likely N-dealkylation sites (tertiary alicyclic amines) is 1. The molecule has 0 spiro atoms. The standard InChI is InChI=1S/C15H27N5O/c1-3-13-9-14(19(2)18-13)11-20-8-4-5-12(10-20)15(21)17-7-6-16/h9,12H,3-8,10-11,16H2,1-2H3,(H,17,21). The summed E-state index contributed by atoms with van der Waals surface area (Å²) in [5.41, 5.74) is 7.78. The van der Waals surface area contributed by atoms with Crippen LogP contribution in [0, 0.1) is 5.92 Å². The van der Waals surface area contributed by atoms with Gasteiger partial charge < -0.3 is 11.1 Å². The second-order valence-corrected chi connectivity index (χ2v) is 5.76. The molecule has 1 aromatic rings. The van der Waals surface area contributed by atoms with Gasteiger partial charge in [-0.15, -0.1) is 0 Å². The summed E-state index contributed by atoms with van der Waals surface area (Å²) in [6.45, 7) is 5.92. The zero-order chi connectivity index (χ0) is 15.2. The van der Waals surface area contributed by atoms with Gasteiger partial charge in [-0.05, 0) is 31.9 Å². The van der Waals surface area contributed by atoms with Gasteiger partial charge in [-0.2, -0.15) is 5.10 Å². The van der Waals surface area contributed by atoms with Gasteiger partial charge in [-0.3, -0.25) is 14.4 Å². The number of amides is 1. The monoisotopic (exact) mass is 293 g/mol. The van der Waals surface area contributed by atoms with Crippen molar-refractivity contribution >= 4 is 5.91 Å². The number of carbonyl (C=O) groups excluding carboxylic acids is 1. The molecule has 2 rings (SSSR count). The molecule has 0 saturated carbocycles. The number of hydrogen-bond acceptors (Lipinski definition) is 4. The minimum atomic E-state index is 0.0872. The summed E-state index contributed by atoms with van der Waals surface area (Å²) in [4.78, 5) is 14.4. The van der Waals surface area contributed by atoms with E-state index >= 15 is 0 Å². The average molecular weight is 293 g/mol. The van der Waals surface area contributed by atoms with E-state index in [1.54, 1.807) is 0 Å². The second kappa shape index (κ2) is 7.56. The largest absolute Gasteiger partial charge is 0.355 e. The Balaban J connectivity index is 1.91. The van der Waals surface area contributed by atoms with E-state index in [2.05, 4.69) is 28.3 Å². The number of rotatable bonds is 6. The molecule has 0 aromatic carbocycles. The molecule has 0 bridgehead atoms. The van der Waals surface area contributed by atoms with Crippen molar-refractivity contribution in [3.05, 3.63) is 17.5 Å². The number of nitrogens with two attached hydrogens (primary N) is 1. The SMILES string of the molecule is CCc1cc(CN2CCCC(C(=O)NCCN)C2)n(C)n1. The molecular weight excluding hydrogens is 266 g/mol. The van der Waals surface area contributed by atoms with Gasteiger partial charge in [0.05, 0.1) is 17.3 Å². The summed E-state index contributed by atoms with van der Waals surface area (Å²) in [5.74, 6) is 0.230. The van der Waals surface area contributed by atoms with Crippen molar-refractivity contribution in [3.63, 3.8) is 0 Å². The Morgan fingerprint density at radius 2 is 2.38 bits per heavy atom. The number of aryl methyl sites for hydroxylation is 2. The lowest BCUT2D eigenvalue weighted by molar-refractivity contribution is -0.126. The number of aromatic nitrogens is 2. The van der Waals surface area contributed by atoms with Crippen molar-refractivity contribution in [3.8, 4) is 0 Å². The maximum absolute atomic E-state index is 12.1. The molecular formula is C15H27N5O. The normalized spacial score (nSPS) is 19.7. The quantitative estimate of drug-likeness (QED) is 0.789. The smallest absolute Gasteiger partial charge is 0.224 e. The Bertz CT molecular complexity index is 471. The highest BCUT2D eigenvalue weighted by Crippen LogP contribution is 2.19. The van der Waals surface area contributed by atoms with Crippen molar-refractivity contribution in [2.24, 2.45) is 18.7 Å². The van der Waals surface area contributed by atoms with Crippen molar-refractivity contribution < 1.29 is 4.79 Å². The molecule has 3 N–H and O–H groups in total. The highest BCUT2D eigenvalue weighted by Gasteiger charge is 2.26. The summed E-state index contributed by atoms with van der Waals surface area (Å²) in [6, 6.07) is 2.16. The molecule has 2 heterocycles. The van der Waals surface area contributed by atoms with Gasteiger partial charge in [-0.1, -0.05) is 6.92 Å². The summed E-state index contributed by atoms with van der Waals surface area (Å²) in [5, 5.41) is 7.39. The molecule has 6 nitrogen and oxygen atoms in total. The molecule has 1 fully saturated rings. The molecule has 0 radical (unpaired) electrons. The van der Waals surface area contributed by atoms with E-state index in [4.69, 9.17) is 5.73 Å². The zero-order valence-corrected chi connectivity index (χ0v) is 13.1. The molecule has 0 aliphatic carbocycles. The van der Waals surface area contributed by atoms with Crippen LogP contribution < -0.4 is 11.1 Å². The molecule has 1 saturated heterocycles. The van der Waals surface area contributed by atoms with Crippen LogP contribution in [0.4, 0.5) is 0 Å². The highest BCUT2D eigenvalue weighted by molar-refractivity contribution is 5.78. The predicted molar refractivity (Wildman–Crippen MR) is 82.7 cm³/mol. The fraction of sp³-hybridized carbons (Fsp3) is 0.733. The minimum Gasteiger partial charge on any atom is -0.355 e. The number of nitrogens with zero attached hydrogens (tertiary/aromatic N) is 3. The first-order chi connectivity index (χ1) is 10.1. The molecule has 1 aliphatic rings. The van der Waals surface area contributed by atoms with E-state index in [9.17, 15) is 4.79 Å². The molecule has 21 heavy (non-hydrogen) atoms. The van der Waals surface area contributed by atoms with Crippen LogP contribution in [0.3, 0.4) is 0 Å². The van der Waals surface area contributed by atoms with Gasteiger partial charge in [0.25, 0.3) is 0 Å². The number of nitrogens with one attached hydrogen (secondary N) is 1. The van der Waals surface area contributed by atoms with Crippen LogP contribution in [0.1, 0.15) is 31.2 Å². The van der Waals surface area contributed by atoms with E-state index in [1.807, 2.05) is 11.7 Å². The maximum atomic E-state index is 12.1. The Kier molecular flexibility index (Phi) is 5.76. The third-order valence-electron chi connectivity index (χ3n) is 4.10. The van der Waals surface area contributed by atoms with Crippen LogP contribution in [-0.2, 0) is 24.8 Å². The summed E-state index contributed by atoms with van der Waals surface area (Å²) < 4.78 is 1.96. The first-order valence-electron chi connectivity index (χ1n) is 7.86. The number of hydrogen-bond donors (Lipinski definition) is 2. The lowest BCUT2D eigenvalue weighted by atomic mass is 9.97. The fourth-order valence-corrected chi connectivity index (χ4v) is 2.87. The zero-order valence-electron chi connectivity index (χ0n) is 13.1. The lowest BCUT2D eigenvalue weighted by Crippen LogP contribution is -2.43. The van der Waals surface area contributed by atoms with Crippen LogP contribution in [-0.4, -0.2) is 46.8 Å². The first kappa shape index (κ1) is 16.0. The van der Waals surface area contributed by atoms with Crippen molar-refractivity contribution in [1.82, 2.24) is 20.0 Å². The predicted octanol–water partition coefficient (Wildman–Crippen LogP) is 0.269. The van der Waals surface area contributed by atoms with Gasteiger partial charge in [0.2, 0.25) is 5.91 Å². The summed E-state index contributed by atoms with van der Waals surface area (Å²) in [7, 11) is 1.99. The van der Waals surface area contributed by atoms with Crippen LogP contribution in [0.5, 0.6) is 0 Å². The first-order valence-corrected chi connectivity index (χ1v) is 7.86. The van der Waals surface area contributed by atoms with Crippen LogP contribution in [0.2, 0.25) is 0 Å². The Morgan fingerprint density at radius 3 is 3.05 bits per heavy atom. The Hall–Kier alpha value is -1.40. The second-order valence-electron chi connectivity index (χ2n) is 5.76. The van der Waals surface area contributed by atoms with Crippen molar-refractivity contribution in [2.45, 2.75) is 32.7 Å². The van der Waals surface area contributed by atoms with Gasteiger partial charge in [0.15, 0.2) is 0 Å². The summed E-state index contributed by atoms with van der Waals surface area (Å²) >= 11 is 0. The van der Waals surface area contributed by atoms with Gasteiger partial charge in [0, 0.05) is 33.2 Å². The van der Waals surface area contributed by atoms with E-state index in [1.165, 1.54) is 5.69 Å². The lowest BCUT2D eigenvalue weighted by Gasteiger charge is -2.31. The summed E-state index contributed by atoms with van der Waals surface area (Å²) in [6.07, 6.45) is 3.00. The average Bonchev–Trinajstić information content (AvgIpc) is 2.85. The highest BCUT2D eigenvalue weighted by atomic mass is 16.1. The van der Waals surface area contributed by atoms with Gasteiger partial charge in [0.1, 0.15) is 0 Å². The van der Waals surface area contributed by atoms with E-state index < -0.39 is 0 Å². The molecule has 1 unspecified atom stereocenters. The molecule has 118 valence electrons. The van der Waals surface area contributed by atoms with E-state index in [0.29, 0.717) is 13.1 Å². The third-order valence-corrected chi connectivity index (χ3v) is 4.10. The van der Waals surface area contributed by atoms with Crippen LogP contribution in [0.25, 0.3) is 0 Å². The molecule has 1 atom stereocenters. The molecule has 6 heteroatoms. The Labute approximate surface area is 126 Å². The Morgan fingerprint density at radius 1 is 1.57 bits per heavy atom. The fourth-order valence-electron chi connectivity index (χ4n) is 2.87. The maximum Gasteiger partial charge on any atom is 0.224 e. The van der Waals surface area contributed by atoms with Gasteiger partial charge in [-0.25, -0.2) is 0 Å². The van der Waals surface area contributed by atoms with E-state index in [-0.39, 0.29) is 11.8 Å². The van der Waals surface area contributed by atoms with E-state index in [0.717, 1.165) is 44.6 Å². The topological polar surface area (TPSA) is 76.2 Å². The minimum absolute atomic E-state index is 0.0872. The molecule has 1 amide bonds. The van der Waals surface area contributed by atoms with Crippen LogP contribution in [0.15, 0.2) is 6.07 Å².